The lowest BCUT2D eigenvalue weighted by Gasteiger charge is -2.16. The summed E-state index contributed by atoms with van der Waals surface area (Å²) in [6, 6.07) is 7.86. The van der Waals surface area contributed by atoms with Gasteiger partial charge < -0.3 is 4.74 Å². The molecule has 1 amide bonds. The number of carbonyl (C=O) groups excluding carboxylic acids is 2. The summed E-state index contributed by atoms with van der Waals surface area (Å²) in [5.41, 5.74) is 1.58. The molecule has 3 rings (SSSR count). The highest BCUT2D eigenvalue weighted by Crippen LogP contribution is 2.30. The summed E-state index contributed by atoms with van der Waals surface area (Å²) in [7, 11) is 0. The lowest BCUT2D eigenvalue weighted by Crippen LogP contribution is -2.32. The van der Waals surface area contributed by atoms with Gasteiger partial charge in [-0.2, -0.15) is 0 Å². The van der Waals surface area contributed by atoms with Crippen LogP contribution in [-0.2, 0) is 20.7 Å². The molecule has 2 heterocycles. The highest BCUT2D eigenvalue weighted by Gasteiger charge is 2.19. The van der Waals surface area contributed by atoms with Crippen LogP contribution in [0.1, 0.15) is 19.5 Å². The highest BCUT2D eigenvalue weighted by molar-refractivity contribution is 8.01. The molecule has 0 fully saturated rings. The van der Waals surface area contributed by atoms with Gasteiger partial charge in [-0.15, -0.1) is 11.3 Å². The summed E-state index contributed by atoms with van der Waals surface area (Å²) in [5.74, 6) is -0.0250. The maximum absolute atomic E-state index is 12.7. The first-order valence-corrected chi connectivity index (χ1v) is 11.2. The Labute approximate surface area is 169 Å². The predicted molar refractivity (Wildman–Crippen MR) is 111 cm³/mol. The Kier molecular flexibility index (Phi) is 6.81. The summed E-state index contributed by atoms with van der Waals surface area (Å²) in [5, 5.41) is 2.54. The highest BCUT2D eigenvalue weighted by atomic mass is 32.2. The number of aromatic nitrogens is 2. The molecule has 2 aromatic heterocycles. The van der Waals surface area contributed by atoms with Crippen LogP contribution in [0.15, 0.2) is 34.0 Å². The molecule has 6 nitrogen and oxygen atoms in total. The zero-order chi connectivity index (χ0) is 19.2. The van der Waals surface area contributed by atoms with E-state index in [2.05, 4.69) is 9.97 Å². The van der Waals surface area contributed by atoms with Crippen molar-refractivity contribution in [3.63, 3.8) is 0 Å². The molecule has 9 heteroatoms. The van der Waals surface area contributed by atoms with Gasteiger partial charge in [0, 0.05) is 11.9 Å². The quantitative estimate of drug-likeness (QED) is 0.404. The minimum atomic E-state index is -0.288. The monoisotopic (exact) mass is 421 g/mol. The number of thioether (sulfide) groups is 1. The molecule has 27 heavy (non-hydrogen) atoms. The van der Waals surface area contributed by atoms with Crippen molar-refractivity contribution in [1.82, 2.24) is 9.97 Å². The minimum Gasteiger partial charge on any atom is -0.466 e. The van der Waals surface area contributed by atoms with E-state index in [-0.39, 0.29) is 24.1 Å². The van der Waals surface area contributed by atoms with Gasteiger partial charge in [-0.25, -0.2) is 9.97 Å². The van der Waals surface area contributed by atoms with Gasteiger partial charge >= 0.3 is 5.97 Å². The number of thiazole rings is 2. The van der Waals surface area contributed by atoms with Gasteiger partial charge in [-0.1, -0.05) is 35.2 Å². The number of benzene rings is 1. The van der Waals surface area contributed by atoms with Gasteiger partial charge in [0.25, 0.3) is 0 Å². The molecule has 0 atom stereocenters. The van der Waals surface area contributed by atoms with Crippen LogP contribution in [0, 0.1) is 0 Å². The van der Waals surface area contributed by atoms with Crippen molar-refractivity contribution >= 4 is 61.7 Å². The van der Waals surface area contributed by atoms with E-state index in [4.69, 9.17) is 4.74 Å². The third-order valence-corrected chi connectivity index (χ3v) is 6.73. The Morgan fingerprint density at radius 1 is 1.22 bits per heavy atom. The Morgan fingerprint density at radius 3 is 2.78 bits per heavy atom. The Hall–Kier alpha value is -1.97. The van der Waals surface area contributed by atoms with E-state index in [1.165, 1.54) is 34.4 Å². The number of rotatable bonds is 8. The van der Waals surface area contributed by atoms with Crippen molar-refractivity contribution in [3.05, 3.63) is 35.3 Å². The minimum absolute atomic E-state index is 0.0105. The average Bonchev–Trinajstić information content (AvgIpc) is 3.27. The van der Waals surface area contributed by atoms with E-state index >= 15 is 0 Å². The van der Waals surface area contributed by atoms with Crippen LogP contribution in [0.2, 0.25) is 0 Å². The molecular weight excluding hydrogens is 402 g/mol. The number of nitrogens with zero attached hydrogens (tertiary/aromatic N) is 3. The number of carbonyl (C=O) groups is 2. The molecule has 0 aliphatic rings. The van der Waals surface area contributed by atoms with Crippen LogP contribution in [-0.4, -0.2) is 40.7 Å². The van der Waals surface area contributed by atoms with Gasteiger partial charge in [0.15, 0.2) is 9.47 Å². The molecule has 0 aliphatic heterocycles. The van der Waals surface area contributed by atoms with Crippen molar-refractivity contribution in [2.75, 3.05) is 23.8 Å². The van der Waals surface area contributed by atoms with Gasteiger partial charge in [0.2, 0.25) is 5.91 Å². The Bertz CT molecular complexity index is 905. The average molecular weight is 422 g/mol. The topological polar surface area (TPSA) is 72.4 Å². The fourth-order valence-electron chi connectivity index (χ4n) is 2.39. The van der Waals surface area contributed by atoms with Crippen LogP contribution < -0.4 is 4.90 Å². The smallest absolute Gasteiger partial charge is 0.311 e. The molecule has 1 aromatic carbocycles. The van der Waals surface area contributed by atoms with Gasteiger partial charge in [-0.3, -0.25) is 14.5 Å². The number of anilines is 1. The second-order valence-electron chi connectivity index (χ2n) is 5.48. The molecule has 0 N–H and O–H groups in total. The van der Waals surface area contributed by atoms with Crippen molar-refractivity contribution in [3.8, 4) is 0 Å². The summed E-state index contributed by atoms with van der Waals surface area (Å²) in [4.78, 5) is 34.8. The van der Waals surface area contributed by atoms with Crippen LogP contribution >= 0.6 is 34.4 Å². The van der Waals surface area contributed by atoms with E-state index in [0.717, 1.165) is 14.6 Å². The lowest BCUT2D eigenvalue weighted by molar-refractivity contribution is -0.142. The van der Waals surface area contributed by atoms with Crippen molar-refractivity contribution < 1.29 is 14.3 Å². The van der Waals surface area contributed by atoms with Crippen LogP contribution in [0.25, 0.3) is 10.2 Å². The molecule has 3 aromatic rings. The first kappa shape index (κ1) is 19.8. The lowest BCUT2D eigenvalue weighted by atomic mass is 10.3. The van der Waals surface area contributed by atoms with Gasteiger partial charge in [0.05, 0.1) is 34.7 Å². The molecule has 0 spiro atoms. The summed E-state index contributed by atoms with van der Waals surface area (Å²) in [6.07, 6.45) is 0.158. The molecule has 0 bridgehead atoms. The predicted octanol–water partition coefficient (Wildman–Crippen LogP) is 4.00. The largest absolute Gasteiger partial charge is 0.466 e. The fourth-order valence-corrected chi connectivity index (χ4v) is 5.16. The maximum Gasteiger partial charge on any atom is 0.311 e. The van der Waals surface area contributed by atoms with Crippen LogP contribution in [0.5, 0.6) is 0 Å². The summed E-state index contributed by atoms with van der Waals surface area (Å²) >= 11 is 4.32. The van der Waals surface area contributed by atoms with Crippen LogP contribution in [0.3, 0.4) is 0 Å². The van der Waals surface area contributed by atoms with Crippen molar-refractivity contribution in [2.45, 2.75) is 24.6 Å². The Morgan fingerprint density at radius 2 is 2.04 bits per heavy atom. The van der Waals surface area contributed by atoms with Gasteiger partial charge in [0.1, 0.15) is 0 Å². The third-order valence-electron chi connectivity index (χ3n) is 3.61. The second kappa shape index (κ2) is 9.29. The fraction of sp³-hybridized carbons (Fsp3) is 0.333. The molecule has 0 radical (unpaired) electrons. The standard InChI is InChI=1S/C18H19N3O3S3/c1-3-21(17-20-13-7-5-6-8-14(13)27-17)15(22)11-26-18-19-12(10-25-18)9-16(23)24-4-2/h5-8,10H,3-4,9,11H2,1-2H3. The maximum atomic E-state index is 12.7. The summed E-state index contributed by atoms with van der Waals surface area (Å²) in [6.45, 7) is 4.63. The Balaban J connectivity index is 1.60. The van der Waals surface area contributed by atoms with Crippen molar-refractivity contribution in [2.24, 2.45) is 0 Å². The number of fused-ring (bicyclic) bond motifs is 1. The molecule has 0 saturated heterocycles. The van der Waals surface area contributed by atoms with Crippen molar-refractivity contribution in [1.29, 1.82) is 0 Å². The number of esters is 1. The number of amides is 1. The van der Waals surface area contributed by atoms with E-state index in [1.54, 1.807) is 11.8 Å². The molecule has 0 saturated carbocycles. The molecule has 142 valence electrons. The number of hydrogen-bond acceptors (Lipinski definition) is 8. The SMILES string of the molecule is CCOC(=O)Cc1csc(SCC(=O)N(CC)c2nc3ccccc3s2)n1. The summed E-state index contributed by atoms with van der Waals surface area (Å²) < 4.78 is 6.76. The van der Waals surface area contributed by atoms with E-state index in [9.17, 15) is 9.59 Å². The zero-order valence-corrected chi connectivity index (χ0v) is 17.5. The van der Waals surface area contributed by atoms with E-state index < -0.39 is 0 Å². The van der Waals surface area contributed by atoms with E-state index in [0.29, 0.717) is 24.0 Å². The first-order valence-electron chi connectivity index (χ1n) is 8.49. The third kappa shape index (κ3) is 5.06. The number of ether oxygens (including phenoxy) is 1. The van der Waals surface area contributed by atoms with Crippen LogP contribution in [0.4, 0.5) is 5.13 Å². The molecular formula is C18H19N3O3S3. The molecule has 0 aliphatic carbocycles. The first-order chi connectivity index (χ1) is 13.1. The van der Waals surface area contributed by atoms with E-state index in [1.807, 2.05) is 36.6 Å². The molecule has 0 unspecified atom stereocenters. The zero-order valence-electron chi connectivity index (χ0n) is 15.0. The second-order valence-corrected chi connectivity index (χ2v) is 8.57. The van der Waals surface area contributed by atoms with Gasteiger partial charge in [-0.05, 0) is 26.0 Å². The normalized spacial score (nSPS) is 10.9. The number of para-hydroxylation sites is 1. The number of hydrogen-bond donors (Lipinski definition) is 0.